The molecule has 0 radical (unpaired) electrons. The number of amides is 2. The molecule has 20 heavy (non-hydrogen) atoms. The van der Waals surface area contributed by atoms with Crippen LogP contribution in [0.15, 0.2) is 24.3 Å². The topological polar surface area (TPSA) is 78.4 Å². The van der Waals surface area contributed by atoms with Gasteiger partial charge in [0.25, 0.3) is 0 Å². The van der Waals surface area contributed by atoms with Gasteiger partial charge in [0, 0.05) is 10.1 Å². The zero-order chi connectivity index (χ0) is 15.2. The number of urea groups is 1. The summed E-state index contributed by atoms with van der Waals surface area (Å²) in [5.41, 5.74) is -0.194. The largest absolute Gasteiger partial charge is 0.481 e. The van der Waals surface area contributed by atoms with Gasteiger partial charge in [-0.2, -0.15) is 0 Å². The summed E-state index contributed by atoms with van der Waals surface area (Å²) in [4.78, 5) is 23.2. The van der Waals surface area contributed by atoms with Crippen molar-refractivity contribution in [3.63, 3.8) is 0 Å². The predicted molar refractivity (Wildman–Crippen MR) is 86.8 cm³/mol. The van der Waals surface area contributed by atoms with Gasteiger partial charge >= 0.3 is 12.0 Å². The zero-order valence-corrected chi connectivity index (χ0v) is 13.7. The Labute approximate surface area is 132 Å². The second-order valence-corrected chi connectivity index (χ2v) is 5.74. The van der Waals surface area contributed by atoms with Gasteiger partial charge in [-0.3, -0.25) is 4.79 Å². The molecule has 0 aliphatic rings. The number of carbonyl (C=O) groups excluding carboxylic acids is 1. The molecule has 0 saturated heterocycles. The molecule has 0 aromatic heterocycles. The van der Waals surface area contributed by atoms with Gasteiger partial charge in [-0.05, 0) is 47.6 Å². The molecular weight excluding hydrogens is 371 g/mol. The van der Waals surface area contributed by atoms with E-state index in [0.717, 1.165) is 3.57 Å². The number of aliphatic carboxylic acids is 1. The fourth-order valence-corrected chi connectivity index (χ4v) is 2.38. The quantitative estimate of drug-likeness (QED) is 0.653. The molecule has 1 rings (SSSR count). The van der Waals surface area contributed by atoms with Crippen LogP contribution in [0.1, 0.15) is 26.7 Å². The monoisotopic (exact) mass is 390 g/mol. The van der Waals surface area contributed by atoms with Gasteiger partial charge in [0.1, 0.15) is 0 Å². The summed E-state index contributed by atoms with van der Waals surface area (Å²) in [7, 11) is 0. The zero-order valence-electron chi connectivity index (χ0n) is 11.6. The van der Waals surface area contributed by atoms with Crippen LogP contribution < -0.4 is 10.6 Å². The molecule has 0 bridgehead atoms. The number of halogens is 1. The molecule has 3 N–H and O–H groups in total. The predicted octanol–water partition coefficient (Wildman–Crippen LogP) is 3.30. The molecule has 0 aliphatic carbocycles. The number of para-hydroxylation sites is 1. The van der Waals surface area contributed by atoms with Crippen LogP contribution in [0.5, 0.6) is 0 Å². The third-order valence-corrected chi connectivity index (χ3v) is 4.46. The highest BCUT2D eigenvalue weighted by Crippen LogP contribution is 2.25. The lowest BCUT2D eigenvalue weighted by molar-refractivity contribution is -0.149. The van der Waals surface area contributed by atoms with E-state index in [-0.39, 0.29) is 12.6 Å². The average molecular weight is 390 g/mol. The van der Waals surface area contributed by atoms with Crippen molar-refractivity contribution < 1.29 is 14.7 Å². The number of anilines is 1. The molecule has 0 unspecified atom stereocenters. The first kappa shape index (κ1) is 16.7. The van der Waals surface area contributed by atoms with Crippen molar-refractivity contribution >= 4 is 40.3 Å². The Hall–Kier alpha value is -1.31. The molecular formula is C14H19IN2O3. The normalized spacial score (nSPS) is 10.9. The molecule has 1 aromatic carbocycles. The van der Waals surface area contributed by atoms with Gasteiger partial charge in [-0.25, -0.2) is 4.79 Å². The summed E-state index contributed by atoms with van der Waals surface area (Å²) in [6.07, 6.45) is 0.948. The lowest BCUT2D eigenvalue weighted by Crippen LogP contribution is -2.43. The second kappa shape index (κ2) is 7.47. The van der Waals surface area contributed by atoms with Gasteiger partial charge < -0.3 is 15.7 Å². The van der Waals surface area contributed by atoms with Crippen molar-refractivity contribution in [2.75, 3.05) is 11.9 Å². The minimum atomic E-state index is -0.902. The molecule has 2 amide bonds. The SMILES string of the molecule is CCC(CC)(CNC(=O)Nc1ccccc1I)C(=O)O. The first-order valence-electron chi connectivity index (χ1n) is 6.48. The van der Waals surface area contributed by atoms with Crippen molar-refractivity contribution in [3.8, 4) is 0 Å². The van der Waals surface area contributed by atoms with Crippen LogP contribution in [-0.4, -0.2) is 23.7 Å². The molecule has 6 heteroatoms. The van der Waals surface area contributed by atoms with E-state index in [1.54, 1.807) is 6.07 Å². The van der Waals surface area contributed by atoms with Crippen molar-refractivity contribution in [1.29, 1.82) is 0 Å². The van der Waals surface area contributed by atoms with E-state index in [2.05, 4.69) is 33.2 Å². The van der Waals surface area contributed by atoms with Gasteiger partial charge in [0.15, 0.2) is 0 Å². The van der Waals surface area contributed by atoms with Gasteiger partial charge in [0.2, 0.25) is 0 Å². The number of hydrogen-bond acceptors (Lipinski definition) is 2. The Morgan fingerprint density at radius 3 is 2.35 bits per heavy atom. The fourth-order valence-electron chi connectivity index (χ4n) is 1.86. The Balaban J connectivity index is 2.63. The summed E-state index contributed by atoms with van der Waals surface area (Å²) in [5, 5.41) is 14.7. The van der Waals surface area contributed by atoms with E-state index in [0.29, 0.717) is 18.5 Å². The molecule has 0 aliphatic heterocycles. The number of carbonyl (C=O) groups is 2. The lowest BCUT2D eigenvalue weighted by Gasteiger charge is -2.26. The molecule has 110 valence electrons. The lowest BCUT2D eigenvalue weighted by atomic mass is 9.82. The number of carboxylic acids is 1. The summed E-state index contributed by atoms with van der Waals surface area (Å²) in [6, 6.07) is 7.01. The summed E-state index contributed by atoms with van der Waals surface area (Å²) < 4.78 is 0.927. The third kappa shape index (κ3) is 4.09. The van der Waals surface area contributed by atoms with E-state index in [4.69, 9.17) is 0 Å². The number of nitrogens with one attached hydrogen (secondary N) is 2. The maximum atomic E-state index is 11.8. The Morgan fingerprint density at radius 1 is 1.25 bits per heavy atom. The van der Waals surface area contributed by atoms with Crippen molar-refractivity contribution in [2.45, 2.75) is 26.7 Å². The van der Waals surface area contributed by atoms with Crippen LogP contribution >= 0.6 is 22.6 Å². The van der Waals surface area contributed by atoms with Crippen molar-refractivity contribution in [2.24, 2.45) is 5.41 Å². The highest BCUT2D eigenvalue weighted by molar-refractivity contribution is 14.1. The Bertz CT molecular complexity index is 487. The first-order valence-corrected chi connectivity index (χ1v) is 7.56. The van der Waals surface area contributed by atoms with Crippen molar-refractivity contribution in [3.05, 3.63) is 27.8 Å². The van der Waals surface area contributed by atoms with Crippen LogP contribution in [0.2, 0.25) is 0 Å². The minimum absolute atomic E-state index is 0.116. The number of hydrogen-bond donors (Lipinski definition) is 3. The number of carboxylic acid groups (broad SMARTS) is 1. The van der Waals surface area contributed by atoms with Crippen molar-refractivity contribution in [1.82, 2.24) is 5.32 Å². The molecule has 1 aromatic rings. The molecule has 5 nitrogen and oxygen atoms in total. The molecule has 0 saturated carbocycles. The smallest absolute Gasteiger partial charge is 0.319 e. The van der Waals surface area contributed by atoms with Crippen LogP contribution in [0.4, 0.5) is 10.5 Å². The van der Waals surface area contributed by atoms with Crippen LogP contribution in [-0.2, 0) is 4.79 Å². The average Bonchev–Trinajstić information content (AvgIpc) is 2.43. The van der Waals surface area contributed by atoms with E-state index in [1.807, 2.05) is 32.0 Å². The number of rotatable bonds is 6. The van der Waals surface area contributed by atoms with E-state index >= 15 is 0 Å². The third-order valence-electron chi connectivity index (χ3n) is 3.52. The van der Waals surface area contributed by atoms with Gasteiger partial charge in [-0.1, -0.05) is 26.0 Å². The maximum absolute atomic E-state index is 11.8. The Kier molecular flexibility index (Phi) is 6.25. The standard InChI is InChI=1S/C14H19IN2O3/c1-3-14(4-2,12(18)19)9-16-13(20)17-11-8-6-5-7-10(11)15/h5-8H,3-4,9H2,1-2H3,(H,18,19)(H2,16,17,20). The van der Waals surface area contributed by atoms with Crippen LogP contribution in [0.3, 0.4) is 0 Å². The first-order chi connectivity index (χ1) is 9.45. The van der Waals surface area contributed by atoms with E-state index in [9.17, 15) is 14.7 Å². The fraction of sp³-hybridized carbons (Fsp3) is 0.429. The Morgan fingerprint density at radius 2 is 1.85 bits per heavy atom. The molecule has 0 heterocycles. The minimum Gasteiger partial charge on any atom is -0.481 e. The number of benzene rings is 1. The summed E-state index contributed by atoms with van der Waals surface area (Å²) in [5.74, 6) is -0.878. The molecule has 0 atom stereocenters. The van der Waals surface area contributed by atoms with Gasteiger partial charge in [-0.15, -0.1) is 0 Å². The maximum Gasteiger partial charge on any atom is 0.319 e. The van der Waals surface area contributed by atoms with Gasteiger partial charge in [0.05, 0.1) is 11.1 Å². The van der Waals surface area contributed by atoms with Crippen LogP contribution in [0.25, 0.3) is 0 Å². The highest BCUT2D eigenvalue weighted by Gasteiger charge is 2.35. The summed E-state index contributed by atoms with van der Waals surface area (Å²) in [6.45, 7) is 3.75. The summed E-state index contributed by atoms with van der Waals surface area (Å²) >= 11 is 2.13. The second-order valence-electron chi connectivity index (χ2n) is 4.58. The van der Waals surface area contributed by atoms with Crippen LogP contribution in [0, 0.1) is 8.99 Å². The molecule has 0 spiro atoms. The van der Waals surface area contributed by atoms with E-state index in [1.165, 1.54) is 0 Å². The highest BCUT2D eigenvalue weighted by atomic mass is 127. The molecule has 0 fully saturated rings. The van der Waals surface area contributed by atoms with E-state index < -0.39 is 11.4 Å².